The Kier molecular flexibility index (Phi) is 8.74. The van der Waals surface area contributed by atoms with Crippen LogP contribution in [-0.4, -0.2) is 63.8 Å². The van der Waals surface area contributed by atoms with Gasteiger partial charge in [0.2, 0.25) is 5.91 Å². The van der Waals surface area contributed by atoms with E-state index in [1.165, 1.54) is 0 Å². The highest BCUT2D eigenvalue weighted by Crippen LogP contribution is 2.31. The van der Waals surface area contributed by atoms with Crippen molar-refractivity contribution in [1.29, 1.82) is 0 Å². The van der Waals surface area contributed by atoms with Gasteiger partial charge in [-0.15, -0.1) is 0 Å². The molecule has 2 amide bonds. The summed E-state index contributed by atoms with van der Waals surface area (Å²) < 4.78 is 21.5. The van der Waals surface area contributed by atoms with Crippen molar-refractivity contribution in [1.82, 2.24) is 4.90 Å². The SMILES string of the molecule is COCCOc1cc(NC(=O)C2CCN(C(=O)COc3ccccc3)CC2)ccc1OC. The molecule has 32 heavy (non-hydrogen) atoms. The second-order valence-electron chi connectivity index (χ2n) is 7.45. The molecular weight excluding hydrogens is 412 g/mol. The van der Waals surface area contributed by atoms with Crippen LogP contribution >= 0.6 is 0 Å². The van der Waals surface area contributed by atoms with Crippen molar-refractivity contribution in [3.63, 3.8) is 0 Å². The fourth-order valence-electron chi connectivity index (χ4n) is 3.49. The van der Waals surface area contributed by atoms with E-state index >= 15 is 0 Å². The van der Waals surface area contributed by atoms with Gasteiger partial charge in [-0.2, -0.15) is 0 Å². The van der Waals surface area contributed by atoms with Gasteiger partial charge in [0.1, 0.15) is 12.4 Å². The van der Waals surface area contributed by atoms with Gasteiger partial charge in [-0.3, -0.25) is 9.59 Å². The molecule has 3 rings (SSSR count). The van der Waals surface area contributed by atoms with E-state index in [0.29, 0.717) is 62.1 Å². The van der Waals surface area contributed by atoms with Crippen molar-refractivity contribution in [3.05, 3.63) is 48.5 Å². The molecule has 1 fully saturated rings. The number of anilines is 1. The van der Waals surface area contributed by atoms with E-state index in [4.69, 9.17) is 18.9 Å². The minimum absolute atomic E-state index is 0.00142. The van der Waals surface area contributed by atoms with Gasteiger partial charge in [-0.05, 0) is 37.1 Å². The number of carbonyl (C=O) groups is 2. The molecule has 1 aliphatic rings. The van der Waals surface area contributed by atoms with Crippen LogP contribution in [0.15, 0.2) is 48.5 Å². The normalized spacial score (nSPS) is 14.0. The van der Waals surface area contributed by atoms with E-state index in [0.717, 1.165) is 0 Å². The van der Waals surface area contributed by atoms with E-state index < -0.39 is 0 Å². The number of ether oxygens (including phenoxy) is 4. The molecule has 0 aliphatic carbocycles. The summed E-state index contributed by atoms with van der Waals surface area (Å²) in [6.45, 7) is 1.89. The van der Waals surface area contributed by atoms with Crippen LogP contribution in [0.3, 0.4) is 0 Å². The molecular formula is C24H30N2O6. The van der Waals surface area contributed by atoms with Crippen LogP contribution in [0.2, 0.25) is 0 Å². The lowest BCUT2D eigenvalue weighted by Crippen LogP contribution is -2.43. The van der Waals surface area contributed by atoms with Crippen LogP contribution in [0.25, 0.3) is 0 Å². The first-order valence-corrected chi connectivity index (χ1v) is 10.7. The summed E-state index contributed by atoms with van der Waals surface area (Å²) in [5.41, 5.74) is 0.637. The molecule has 0 radical (unpaired) electrons. The zero-order chi connectivity index (χ0) is 22.8. The number of hydrogen-bond donors (Lipinski definition) is 1. The second kappa shape index (κ2) is 12.0. The average molecular weight is 443 g/mol. The molecule has 1 aliphatic heterocycles. The molecule has 172 valence electrons. The molecule has 8 heteroatoms. The summed E-state index contributed by atoms with van der Waals surface area (Å²) in [5.74, 6) is 1.51. The highest BCUT2D eigenvalue weighted by Gasteiger charge is 2.27. The van der Waals surface area contributed by atoms with E-state index in [2.05, 4.69) is 5.32 Å². The molecule has 1 saturated heterocycles. The van der Waals surface area contributed by atoms with Crippen LogP contribution in [0.1, 0.15) is 12.8 Å². The predicted octanol–water partition coefficient (Wildman–Crippen LogP) is 2.98. The van der Waals surface area contributed by atoms with Gasteiger partial charge in [-0.1, -0.05) is 18.2 Å². The summed E-state index contributed by atoms with van der Waals surface area (Å²) in [6, 6.07) is 14.5. The summed E-state index contributed by atoms with van der Waals surface area (Å²) in [5, 5.41) is 2.95. The molecule has 0 atom stereocenters. The number of nitrogens with one attached hydrogen (secondary N) is 1. The Morgan fingerprint density at radius 2 is 1.72 bits per heavy atom. The Labute approximate surface area is 188 Å². The first-order valence-electron chi connectivity index (χ1n) is 10.7. The first kappa shape index (κ1) is 23.4. The highest BCUT2D eigenvalue weighted by molar-refractivity contribution is 5.93. The van der Waals surface area contributed by atoms with Crippen molar-refractivity contribution in [2.24, 2.45) is 5.92 Å². The van der Waals surface area contributed by atoms with E-state index in [1.807, 2.05) is 30.3 Å². The number of para-hydroxylation sites is 1. The zero-order valence-electron chi connectivity index (χ0n) is 18.5. The van der Waals surface area contributed by atoms with Crippen molar-refractivity contribution in [2.75, 3.05) is 52.4 Å². The number of amides is 2. The smallest absolute Gasteiger partial charge is 0.260 e. The number of hydrogen-bond acceptors (Lipinski definition) is 6. The largest absolute Gasteiger partial charge is 0.493 e. The van der Waals surface area contributed by atoms with E-state index in [-0.39, 0.29) is 24.3 Å². The fraction of sp³-hybridized carbons (Fsp3) is 0.417. The summed E-state index contributed by atoms with van der Waals surface area (Å²) in [6.07, 6.45) is 1.21. The third-order valence-electron chi connectivity index (χ3n) is 5.30. The maximum atomic E-state index is 12.7. The molecule has 0 spiro atoms. The van der Waals surface area contributed by atoms with E-state index in [1.54, 1.807) is 37.3 Å². The lowest BCUT2D eigenvalue weighted by Gasteiger charge is -2.31. The van der Waals surface area contributed by atoms with Gasteiger partial charge in [0, 0.05) is 37.9 Å². The molecule has 0 saturated carbocycles. The monoisotopic (exact) mass is 442 g/mol. The average Bonchev–Trinajstić information content (AvgIpc) is 2.83. The van der Waals surface area contributed by atoms with Crippen LogP contribution < -0.4 is 19.5 Å². The van der Waals surface area contributed by atoms with Gasteiger partial charge < -0.3 is 29.2 Å². The lowest BCUT2D eigenvalue weighted by molar-refractivity contribution is -0.136. The van der Waals surface area contributed by atoms with Crippen molar-refractivity contribution in [3.8, 4) is 17.2 Å². The van der Waals surface area contributed by atoms with Gasteiger partial charge in [0.05, 0.1) is 13.7 Å². The first-order chi connectivity index (χ1) is 15.6. The van der Waals surface area contributed by atoms with Gasteiger partial charge in [-0.25, -0.2) is 0 Å². The minimum Gasteiger partial charge on any atom is -0.493 e. The number of benzene rings is 2. The van der Waals surface area contributed by atoms with Crippen LogP contribution in [-0.2, 0) is 14.3 Å². The Morgan fingerprint density at radius 1 is 0.969 bits per heavy atom. The van der Waals surface area contributed by atoms with Crippen LogP contribution in [0.4, 0.5) is 5.69 Å². The van der Waals surface area contributed by atoms with Gasteiger partial charge in [0.15, 0.2) is 18.1 Å². The summed E-state index contributed by atoms with van der Waals surface area (Å²) in [4.78, 5) is 26.9. The van der Waals surface area contributed by atoms with Gasteiger partial charge >= 0.3 is 0 Å². The molecule has 2 aromatic rings. The number of methoxy groups -OCH3 is 2. The molecule has 0 bridgehead atoms. The maximum absolute atomic E-state index is 12.7. The second-order valence-corrected chi connectivity index (χ2v) is 7.45. The van der Waals surface area contributed by atoms with Crippen molar-refractivity contribution >= 4 is 17.5 Å². The Balaban J connectivity index is 1.47. The maximum Gasteiger partial charge on any atom is 0.260 e. The summed E-state index contributed by atoms with van der Waals surface area (Å²) >= 11 is 0. The fourth-order valence-corrected chi connectivity index (χ4v) is 3.49. The van der Waals surface area contributed by atoms with Crippen LogP contribution in [0, 0.1) is 5.92 Å². The third-order valence-corrected chi connectivity index (χ3v) is 5.30. The summed E-state index contributed by atoms with van der Waals surface area (Å²) in [7, 11) is 3.17. The minimum atomic E-state index is -0.158. The topological polar surface area (TPSA) is 86.3 Å². The van der Waals surface area contributed by atoms with Gasteiger partial charge in [0.25, 0.3) is 5.91 Å². The molecule has 0 unspecified atom stereocenters. The van der Waals surface area contributed by atoms with E-state index in [9.17, 15) is 9.59 Å². The number of piperidine rings is 1. The van der Waals surface area contributed by atoms with Crippen molar-refractivity contribution < 1.29 is 28.5 Å². The zero-order valence-corrected chi connectivity index (χ0v) is 18.5. The quantitative estimate of drug-likeness (QED) is 0.570. The third kappa shape index (κ3) is 6.62. The Morgan fingerprint density at radius 3 is 2.41 bits per heavy atom. The molecule has 8 nitrogen and oxygen atoms in total. The molecule has 2 aromatic carbocycles. The Hall–Kier alpha value is -3.26. The standard InChI is InChI=1S/C24H30N2O6/c1-29-14-15-31-22-16-19(8-9-21(22)30-2)25-24(28)18-10-12-26(13-11-18)23(27)17-32-20-6-4-3-5-7-20/h3-9,16,18H,10-15,17H2,1-2H3,(H,25,28). The van der Waals surface area contributed by atoms with Crippen LogP contribution in [0.5, 0.6) is 17.2 Å². The predicted molar refractivity (Wildman–Crippen MR) is 120 cm³/mol. The number of carbonyl (C=O) groups excluding carboxylic acids is 2. The molecule has 1 N–H and O–H groups in total. The highest BCUT2D eigenvalue weighted by atomic mass is 16.5. The van der Waals surface area contributed by atoms with Crippen molar-refractivity contribution in [2.45, 2.75) is 12.8 Å². The number of rotatable bonds is 10. The number of likely N-dealkylation sites (tertiary alicyclic amines) is 1. The molecule has 1 heterocycles. The molecule has 0 aromatic heterocycles. The Bertz CT molecular complexity index is 881. The lowest BCUT2D eigenvalue weighted by atomic mass is 9.95. The number of nitrogens with zero attached hydrogens (tertiary/aromatic N) is 1.